The molecule has 0 saturated carbocycles. The molecule has 1 aromatic carbocycles. The second-order valence-electron chi connectivity index (χ2n) is 4.60. The van der Waals surface area contributed by atoms with E-state index in [2.05, 4.69) is 15.6 Å². The van der Waals surface area contributed by atoms with Gasteiger partial charge in [-0.05, 0) is 31.2 Å². The molecule has 0 unspecified atom stereocenters. The van der Waals surface area contributed by atoms with Gasteiger partial charge in [0.15, 0.2) is 5.69 Å². The molecule has 0 aliphatic rings. The number of urea groups is 1. The molecule has 2 amide bonds. The summed E-state index contributed by atoms with van der Waals surface area (Å²) in [7, 11) is 0. The first kappa shape index (κ1) is 16.8. The van der Waals surface area contributed by atoms with Crippen LogP contribution in [0.3, 0.4) is 0 Å². The van der Waals surface area contributed by atoms with Crippen LogP contribution in [0.2, 0.25) is 5.02 Å². The predicted molar refractivity (Wildman–Crippen MR) is 86.7 cm³/mol. The number of aromatic nitrogens is 2. The van der Waals surface area contributed by atoms with Crippen molar-refractivity contribution in [2.24, 2.45) is 0 Å². The summed E-state index contributed by atoms with van der Waals surface area (Å²) in [5.41, 5.74) is 0.900. The third-order valence-corrected chi connectivity index (χ3v) is 3.13. The van der Waals surface area contributed by atoms with Gasteiger partial charge in [-0.1, -0.05) is 11.6 Å². The van der Waals surface area contributed by atoms with E-state index in [9.17, 15) is 9.59 Å². The Morgan fingerprint density at radius 2 is 2.04 bits per heavy atom. The lowest BCUT2D eigenvalue weighted by Crippen LogP contribution is -2.31. The van der Waals surface area contributed by atoms with Crippen molar-refractivity contribution in [3.8, 4) is 0 Å². The van der Waals surface area contributed by atoms with Gasteiger partial charge in [0, 0.05) is 30.0 Å². The van der Waals surface area contributed by atoms with Crippen LogP contribution in [0, 0.1) is 0 Å². The molecule has 2 rings (SSSR count). The molecule has 0 radical (unpaired) electrons. The number of ether oxygens (including phenoxy) is 1. The Labute approximate surface area is 138 Å². The van der Waals surface area contributed by atoms with E-state index in [0.717, 1.165) is 0 Å². The predicted octanol–water partition coefficient (Wildman–Crippen LogP) is 2.53. The summed E-state index contributed by atoms with van der Waals surface area (Å²) >= 11 is 5.77. The Kier molecular flexibility index (Phi) is 5.99. The lowest BCUT2D eigenvalue weighted by atomic mass is 10.3. The van der Waals surface area contributed by atoms with E-state index < -0.39 is 5.97 Å². The molecular formula is C15H17ClN4O3. The van der Waals surface area contributed by atoms with Crippen LogP contribution < -0.4 is 10.6 Å². The second kappa shape index (κ2) is 8.19. The van der Waals surface area contributed by atoms with E-state index in [4.69, 9.17) is 16.3 Å². The van der Waals surface area contributed by atoms with E-state index in [-0.39, 0.29) is 11.7 Å². The number of benzene rings is 1. The van der Waals surface area contributed by atoms with Crippen LogP contribution >= 0.6 is 11.6 Å². The maximum atomic E-state index is 11.7. The van der Waals surface area contributed by atoms with Crippen molar-refractivity contribution in [3.63, 3.8) is 0 Å². The third-order valence-electron chi connectivity index (χ3n) is 2.88. The standard InChI is InChI=1S/C15H17ClN4O3/c1-2-23-14(21)13-9-20(10-18-13)8-7-17-15(22)19-12-5-3-11(16)4-6-12/h3-6,9-10H,2,7-8H2,1H3,(H2,17,19,22). The fraction of sp³-hybridized carbons (Fsp3) is 0.267. The van der Waals surface area contributed by atoms with Crippen LogP contribution in [-0.4, -0.2) is 34.7 Å². The average Bonchev–Trinajstić information content (AvgIpc) is 2.99. The van der Waals surface area contributed by atoms with Gasteiger partial charge in [-0.3, -0.25) is 0 Å². The zero-order valence-electron chi connectivity index (χ0n) is 12.6. The van der Waals surface area contributed by atoms with Gasteiger partial charge in [0.1, 0.15) is 0 Å². The van der Waals surface area contributed by atoms with Crippen molar-refractivity contribution in [1.29, 1.82) is 0 Å². The molecule has 23 heavy (non-hydrogen) atoms. The number of halogens is 1. The minimum Gasteiger partial charge on any atom is -0.461 e. The molecule has 7 nitrogen and oxygen atoms in total. The molecular weight excluding hydrogens is 320 g/mol. The highest BCUT2D eigenvalue weighted by Crippen LogP contribution is 2.12. The zero-order chi connectivity index (χ0) is 16.7. The minimum absolute atomic E-state index is 0.248. The monoisotopic (exact) mass is 336 g/mol. The number of esters is 1. The summed E-state index contributed by atoms with van der Waals surface area (Å²) in [6, 6.07) is 6.49. The Balaban J connectivity index is 1.75. The highest BCUT2D eigenvalue weighted by atomic mass is 35.5. The molecule has 0 aliphatic carbocycles. The molecule has 122 valence electrons. The summed E-state index contributed by atoms with van der Waals surface area (Å²) in [4.78, 5) is 27.2. The zero-order valence-corrected chi connectivity index (χ0v) is 13.3. The second-order valence-corrected chi connectivity index (χ2v) is 5.04. The number of amides is 2. The Morgan fingerprint density at radius 3 is 2.74 bits per heavy atom. The third kappa shape index (κ3) is 5.30. The number of carbonyl (C=O) groups excluding carboxylic acids is 2. The molecule has 0 spiro atoms. The van der Waals surface area contributed by atoms with E-state index >= 15 is 0 Å². The van der Waals surface area contributed by atoms with E-state index in [1.165, 1.54) is 6.33 Å². The SMILES string of the molecule is CCOC(=O)c1cn(CCNC(=O)Nc2ccc(Cl)cc2)cn1. The lowest BCUT2D eigenvalue weighted by molar-refractivity contribution is 0.0520. The number of hydrogen-bond donors (Lipinski definition) is 2. The Hall–Kier alpha value is -2.54. The molecule has 2 aromatic rings. The van der Waals surface area contributed by atoms with Crippen LogP contribution in [0.5, 0.6) is 0 Å². The molecule has 0 aliphatic heterocycles. The highest BCUT2D eigenvalue weighted by molar-refractivity contribution is 6.30. The van der Waals surface area contributed by atoms with Crippen LogP contribution in [0.15, 0.2) is 36.8 Å². The number of rotatable bonds is 6. The van der Waals surface area contributed by atoms with E-state index in [0.29, 0.717) is 30.4 Å². The molecule has 0 saturated heterocycles. The van der Waals surface area contributed by atoms with Crippen LogP contribution in [-0.2, 0) is 11.3 Å². The molecule has 0 fully saturated rings. The quantitative estimate of drug-likeness (QED) is 0.794. The maximum Gasteiger partial charge on any atom is 0.358 e. The van der Waals surface area contributed by atoms with Gasteiger partial charge in [0.05, 0.1) is 12.9 Å². The fourth-order valence-corrected chi connectivity index (χ4v) is 1.93. The smallest absolute Gasteiger partial charge is 0.358 e. The first-order valence-electron chi connectivity index (χ1n) is 7.08. The van der Waals surface area contributed by atoms with Crippen molar-refractivity contribution in [1.82, 2.24) is 14.9 Å². The van der Waals surface area contributed by atoms with Crippen LogP contribution in [0.1, 0.15) is 17.4 Å². The topological polar surface area (TPSA) is 85.2 Å². The largest absolute Gasteiger partial charge is 0.461 e. The summed E-state index contributed by atoms with van der Waals surface area (Å²) in [6.07, 6.45) is 3.10. The van der Waals surface area contributed by atoms with Crippen LogP contribution in [0.25, 0.3) is 0 Å². The van der Waals surface area contributed by atoms with Crippen molar-refractivity contribution in [2.45, 2.75) is 13.5 Å². The van der Waals surface area contributed by atoms with Crippen LogP contribution in [0.4, 0.5) is 10.5 Å². The van der Waals surface area contributed by atoms with Gasteiger partial charge in [0.25, 0.3) is 0 Å². The van der Waals surface area contributed by atoms with E-state index in [1.54, 1.807) is 42.0 Å². The van der Waals surface area contributed by atoms with Gasteiger partial charge >= 0.3 is 12.0 Å². The summed E-state index contributed by atoms with van der Waals surface area (Å²) in [5, 5.41) is 6.00. The molecule has 8 heteroatoms. The molecule has 0 bridgehead atoms. The number of anilines is 1. The van der Waals surface area contributed by atoms with Crippen molar-refractivity contribution < 1.29 is 14.3 Å². The number of hydrogen-bond acceptors (Lipinski definition) is 4. The number of carbonyl (C=O) groups is 2. The Morgan fingerprint density at radius 1 is 1.30 bits per heavy atom. The van der Waals surface area contributed by atoms with Gasteiger partial charge in [-0.25, -0.2) is 14.6 Å². The first-order chi connectivity index (χ1) is 11.1. The molecule has 0 atom stereocenters. The first-order valence-corrected chi connectivity index (χ1v) is 7.45. The van der Waals surface area contributed by atoms with Crippen molar-refractivity contribution >= 4 is 29.3 Å². The number of nitrogens with one attached hydrogen (secondary N) is 2. The average molecular weight is 337 g/mol. The highest BCUT2D eigenvalue weighted by Gasteiger charge is 2.09. The van der Waals surface area contributed by atoms with Crippen molar-refractivity contribution in [3.05, 3.63) is 47.5 Å². The molecule has 1 aromatic heterocycles. The molecule has 1 heterocycles. The van der Waals surface area contributed by atoms with Gasteiger partial charge in [-0.15, -0.1) is 0 Å². The number of imidazole rings is 1. The number of nitrogens with zero attached hydrogens (tertiary/aromatic N) is 2. The lowest BCUT2D eigenvalue weighted by Gasteiger charge is -2.08. The Bertz CT molecular complexity index is 670. The van der Waals surface area contributed by atoms with E-state index in [1.807, 2.05) is 0 Å². The molecule has 2 N–H and O–H groups in total. The summed E-state index contributed by atoms with van der Waals surface area (Å²) in [5.74, 6) is -0.459. The maximum absolute atomic E-state index is 11.7. The minimum atomic E-state index is -0.459. The fourth-order valence-electron chi connectivity index (χ4n) is 1.80. The summed E-state index contributed by atoms with van der Waals surface area (Å²) in [6.45, 7) is 2.91. The summed E-state index contributed by atoms with van der Waals surface area (Å²) < 4.78 is 6.56. The van der Waals surface area contributed by atoms with Gasteiger partial charge in [-0.2, -0.15) is 0 Å². The van der Waals surface area contributed by atoms with Gasteiger partial charge < -0.3 is 19.9 Å². The normalized spacial score (nSPS) is 10.2. The van der Waals surface area contributed by atoms with Crippen molar-refractivity contribution in [2.75, 3.05) is 18.5 Å². The van der Waals surface area contributed by atoms with Gasteiger partial charge in [0.2, 0.25) is 0 Å².